The molecule has 5 nitrogen and oxygen atoms in total. The summed E-state index contributed by atoms with van der Waals surface area (Å²) >= 11 is 0. The van der Waals surface area contributed by atoms with E-state index in [0.717, 1.165) is 45.0 Å². The number of hydrogen-bond donors (Lipinski definition) is 2. The summed E-state index contributed by atoms with van der Waals surface area (Å²) in [5.74, 6) is 1.13. The van der Waals surface area contributed by atoms with Crippen molar-refractivity contribution in [2.45, 2.75) is 44.4 Å². The molecule has 1 atom stereocenters. The van der Waals surface area contributed by atoms with E-state index in [0.29, 0.717) is 12.3 Å². The van der Waals surface area contributed by atoms with Gasteiger partial charge in [0.15, 0.2) is 5.96 Å². The number of likely N-dealkylation sites (tertiary alicyclic amines) is 1. The second kappa shape index (κ2) is 7.89. The van der Waals surface area contributed by atoms with Crippen LogP contribution in [-0.2, 0) is 10.2 Å². The normalized spacial score (nSPS) is 22.5. The molecule has 3 N–H and O–H groups in total. The van der Waals surface area contributed by atoms with Gasteiger partial charge in [-0.15, -0.1) is 0 Å². The van der Waals surface area contributed by atoms with Crippen molar-refractivity contribution >= 4 is 11.9 Å². The molecule has 2 aliphatic rings. The SMILES string of the molecule is CCNC(=NCC1(c2ccccc2)CC1)N1CCCC(CC(N)=O)C1. The van der Waals surface area contributed by atoms with E-state index in [-0.39, 0.29) is 11.3 Å². The minimum Gasteiger partial charge on any atom is -0.370 e. The summed E-state index contributed by atoms with van der Waals surface area (Å²) in [6.07, 6.45) is 5.07. The van der Waals surface area contributed by atoms with Crippen LogP contribution in [0.3, 0.4) is 0 Å². The summed E-state index contributed by atoms with van der Waals surface area (Å²) in [5.41, 5.74) is 7.02. The van der Waals surface area contributed by atoms with Crippen LogP contribution in [0, 0.1) is 5.92 Å². The molecule has 3 rings (SSSR count). The lowest BCUT2D eigenvalue weighted by molar-refractivity contribution is -0.119. The Hall–Kier alpha value is -2.04. The molecule has 2 fully saturated rings. The van der Waals surface area contributed by atoms with Gasteiger partial charge in [0, 0.05) is 31.5 Å². The first-order valence-electron chi connectivity index (χ1n) is 9.50. The number of aliphatic imine (C=N–C) groups is 1. The third-order valence-corrected chi connectivity index (χ3v) is 5.41. The van der Waals surface area contributed by atoms with E-state index in [1.54, 1.807) is 0 Å². The van der Waals surface area contributed by atoms with E-state index >= 15 is 0 Å². The molecule has 0 aromatic heterocycles. The van der Waals surface area contributed by atoms with Gasteiger partial charge in [-0.25, -0.2) is 0 Å². The van der Waals surface area contributed by atoms with Crippen molar-refractivity contribution in [2.24, 2.45) is 16.6 Å². The average Bonchev–Trinajstić information content (AvgIpc) is 3.40. The lowest BCUT2D eigenvalue weighted by Crippen LogP contribution is -2.47. The zero-order valence-electron chi connectivity index (χ0n) is 15.2. The summed E-state index contributed by atoms with van der Waals surface area (Å²) < 4.78 is 0. The highest BCUT2D eigenvalue weighted by Gasteiger charge is 2.44. The van der Waals surface area contributed by atoms with E-state index in [4.69, 9.17) is 10.7 Å². The van der Waals surface area contributed by atoms with E-state index in [9.17, 15) is 4.79 Å². The number of piperidine rings is 1. The van der Waals surface area contributed by atoms with E-state index in [2.05, 4.69) is 47.5 Å². The van der Waals surface area contributed by atoms with Crippen LogP contribution < -0.4 is 11.1 Å². The van der Waals surface area contributed by atoms with Crippen LogP contribution in [0.15, 0.2) is 35.3 Å². The fourth-order valence-electron chi connectivity index (χ4n) is 3.84. The zero-order chi connectivity index (χ0) is 17.7. The van der Waals surface area contributed by atoms with Gasteiger partial charge in [0.05, 0.1) is 6.54 Å². The van der Waals surface area contributed by atoms with E-state index in [1.165, 1.54) is 18.4 Å². The number of guanidine groups is 1. The number of primary amides is 1. The highest BCUT2D eigenvalue weighted by molar-refractivity contribution is 5.80. The number of nitrogens with zero attached hydrogens (tertiary/aromatic N) is 2. The molecule has 1 heterocycles. The first kappa shape index (κ1) is 17.8. The highest BCUT2D eigenvalue weighted by atomic mass is 16.1. The Bertz CT molecular complexity index is 609. The molecule has 1 saturated heterocycles. The first-order chi connectivity index (χ1) is 12.1. The summed E-state index contributed by atoms with van der Waals surface area (Å²) in [7, 11) is 0. The summed E-state index contributed by atoms with van der Waals surface area (Å²) in [5, 5.41) is 3.44. The van der Waals surface area contributed by atoms with Gasteiger partial charge in [0.25, 0.3) is 0 Å². The van der Waals surface area contributed by atoms with Crippen LogP contribution in [0.1, 0.15) is 44.6 Å². The maximum absolute atomic E-state index is 11.2. The molecular weight excluding hydrogens is 312 g/mol. The standard InChI is InChI=1S/C20H30N4O/c1-2-22-19(24-12-6-7-16(14-24)13-18(21)25)23-15-20(10-11-20)17-8-4-3-5-9-17/h3-5,8-9,16H,2,6-7,10-15H2,1H3,(H2,21,25)(H,22,23). The molecule has 5 heteroatoms. The molecule has 1 saturated carbocycles. The van der Waals surface area contributed by atoms with Gasteiger partial charge >= 0.3 is 0 Å². The smallest absolute Gasteiger partial charge is 0.217 e. The fraction of sp³-hybridized carbons (Fsp3) is 0.600. The van der Waals surface area contributed by atoms with Crippen molar-refractivity contribution in [3.05, 3.63) is 35.9 Å². The molecular formula is C20H30N4O. The van der Waals surface area contributed by atoms with E-state index in [1.807, 2.05) is 0 Å². The van der Waals surface area contributed by atoms with Gasteiger partial charge < -0.3 is 16.0 Å². The monoisotopic (exact) mass is 342 g/mol. The lowest BCUT2D eigenvalue weighted by atomic mass is 9.94. The van der Waals surface area contributed by atoms with Crippen molar-refractivity contribution in [3.8, 4) is 0 Å². The van der Waals surface area contributed by atoms with Crippen LogP contribution in [0.5, 0.6) is 0 Å². The molecule has 0 spiro atoms. The van der Waals surface area contributed by atoms with Gasteiger partial charge in [0.1, 0.15) is 0 Å². The minimum atomic E-state index is -0.199. The topological polar surface area (TPSA) is 70.7 Å². The predicted octanol–water partition coefficient (Wildman–Crippen LogP) is 2.27. The van der Waals surface area contributed by atoms with E-state index < -0.39 is 0 Å². The maximum Gasteiger partial charge on any atom is 0.217 e. The maximum atomic E-state index is 11.2. The Morgan fingerprint density at radius 2 is 2.12 bits per heavy atom. The number of rotatable bonds is 6. The molecule has 1 aliphatic heterocycles. The molecule has 1 amide bonds. The lowest BCUT2D eigenvalue weighted by Gasteiger charge is -2.35. The number of amides is 1. The largest absolute Gasteiger partial charge is 0.370 e. The zero-order valence-corrected chi connectivity index (χ0v) is 15.2. The Morgan fingerprint density at radius 1 is 1.36 bits per heavy atom. The number of benzene rings is 1. The molecule has 1 aliphatic carbocycles. The molecule has 1 aromatic carbocycles. The Morgan fingerprint density at radius 3 is 2.76 bits per heavy atom. The van der Waals surface area contributed by atoms with Gasteiger partial charge in [-0.1, -0.05) is 30.3 Å². The van der Waals surface area contributed by atoms with Gasteiger partial charge in [0.2, 0.25) is 5.91 Å². The van der Waals surface area contributed by atoms with Crippen molar-refractivity contribution in [1.82, 2.24) is 10.2 Å². The summed E-state index contributed by atoms with van der Waals surface area (Å²) in [6.45, 7) is 5.65. The van der Waals surface area contributed by atoms with Gasteiger partial charge in [-0.3, -0.25) is 9.79 Å². The molecule has 1 aromatic rings. The molecule has 0 radical (unpaired) electrons. The third kappa shape index (κ3) is 4.53. The first-order valence-corrected chi connectivity index (χ1v) is 9.50. The van der Waals surface area contributed by atoms with Crippen LogP contribution in [-0.4, -0.2) is 42.9 Å². The van der Waals surface area contributed by atoms with Crippen LogP contribution >= 0.6 is 0 Å². The quantitative estimate of drug-likeness (QED) is 0.615. The Labute approximate surface area is 150 Å². The van der Waals surface area contributed by atoms with Crippen LogP contribution in [0.25, 0.3) is 0 Å². The number of carbonyl (C=O) groups is 1. The Balaban J connectivity index is 1.68. The minimum absolute atomic E-state index is 0.199. The van der Waals surface area contributed by atoms with Crippen molar-refractivity contribution in [1.29, 1.82) is 0 Å². The molecule has 0 bridgehead atoms. The summed E-state index contributed by atoms with van der Waals surface area (Å²) in [6, 6.07) is 10.7. The fourth-order valence-corrected chi connectivity index (χ4v) is 3.84. The molecule has 136 valence electrons. The number of hydrogen-bond acceptors (Lipinski definition) is 2. The number of nitrogens with two attached hydrogens (primary N) is 1. The Kier molecular flexibility index (Phi) is 5.61. The highest BCUT2D eigenvalue weighted by Crippen LogP contribution is 2.48. The second-order valence-corrected chi connectivity index (χ2v) is 7.44. The third-order valence-electron chi connectivity index (χ3n) is 5.41. The van der Waals surface area contributed by atoms with Gasteiger partial charge in [-0.2, -0.15) is 0 Å². The number of carbonyl (C=O) groups excluding carboxylic acids is 1. The van der Waals surface area contributed by atoms with Crippen LogP contribution in [0.4, 0.5) is 0 Å². The molecule has 25 heavy (non-hydrogen) atoms. The van der Waals surface area contributed by atoms with Gasteiger partial charge in [-0.05, 0) is 44.1 Å². The van der Waals surface area contributed by atoms with Crippen molar-refractivity contribution < 1.29 is 4.79 Å². The molecule has 1 unspecified atom stereocenters. The summed E-state index contributed by atoms with van der Waals surface area (Å²) in [4.78, 5) is 18.5. The number of nitrogens with one attached hydrogen (secondary N) is 1. The average molecular weight is 342 g/mol. The van der Waals surface area contributed by atoms with Crippen molar-refractivity contribution in [2.75, 3.05) is 26.2 Å². The van der Waals surface area contributed by atoms with Crippen molar-refractivity contribution in [3.63, 3.8) is 0 Å². The second-order valence-electron chi connectivity index (χ2n) is 7.44. The predicted molar refractivity (Wildman–Crippen MR) is 101 cm³/mol. The van der Waals surface area contributed by atoms with Crippen LogP contribution in [0.2, 0.25) is 0 Å².